The second kappa shape index (κ2) is 7.04. The monoisotopic (exact) mass is 282 g/mol. The zero-order valence-electron chi connectivity index (χ0n) is 11.0. The molecule has 1 amide bonds. The molecular weight excluding hydrogens is 264 g/mol. The lowest BCUT2D eigenvalue weighted by molar-refractivity contribution is -0.127. The molecule has 0 fully saturated rings. The largest absolute Gasteiger partial charge is 0.478 e. The van der Waals surface area contributed by atoms with Gasteiger partial charge in [-0.2, -0.15) is 0 Å². The fraction of sp³-hybridized carbons (Fsp3) is 0.385. The topological polar surface area (TPSA) is 83.6 Å². The number of thioether (sulfide) groups is 1. The summed E-state index contributed by atoms with van der Waals surface area (Å²) in [7, 11) is 0. The van der Waals surface area contributed by atoms with E-state index in [0.29, 0.717) is 23.7 Å². The minimum Gasteiger partial charge on any atom is -0.478 e. The minimum absolute atomic E-state index is 0.0233. The summed E-state index contributed by atoms with van der Waals surface area (Å²) in [5.74, 6) is -0.721. The molecule has 0 aliphatic rings. The molecule has 0 bridgehead atoms. The summed E-state index contributed by atoms with van der Waals surface area (Å²) in [5, 5.41) is 8.92. The Morgan fingerprint density at radius 3 is 2.47 bits per heavy atom. The number of nitrogens with zero attached hydrogens (tertiary/aromatic N) is 1. The average molecular weight is 282 g/mol. The molecule has 19 heavy (non-hydrogen) atoms. The van der Waals surface area contributed by atoms with Crippen molar-refractivity contribution in [3.05, 3.63) is 23.8 Å². The number of aromatic carboxylic acids is 1. The first kappa shape index (κ1) is 15.4. The summed E-state index contributed by atoms with van der Waals surface area (Å²) < 4.78 is 0. The Bertz CT molecular complexity index is 473. The quantitative estimate of drug-likeness (QED) is 0.615. The van der Waals surface area contributed by atoms with Gasteiger partial charge in [-0.1, -0.05) is 0 Å². The van der Waals surface area contributed by atoms with E-state index in [0.717, 1.165) is 0 Å². The molecule has 3 N–H and O–H groups in total. The fourth-order valence-corrected chi connectivity index (χ4v) is 2.51. The number of rotatable bonds is 6. The Morgan fingerprint density at radius 2 is 1.95 bits per heavy atom. The van der Waals surface area contributed by atoms with Gasteiger partial charge in [-0.15, -0.1) is 11.8 Å². The third kappa shape index (κ3) is 4.17. The number of nitrogen functional groups attached to an aromatic ring is 1. The van der Waals surface area contributed by atoms with Gasteiger partial charge in [-0.05, 0) is 32.0 Å². The smallest absolute Gasteiger partial charge is 0.335 e. The number of amides is 1. The van der Waals surface area contributed by atoms with Gasteiger partial charge in [-0.3, -0.25) is 4.79 Å². The zero-order valence-corrected chi connectivity index (χ0v) is 11.9. The van der Waals surface area contributed by atoms with E-state index < -0.39 is 5.97 Å². The summed E-state index contributed by atoms with van der Waals surface area (Å²) in [6, 6.07) is 4.50. The fourth-order valence-electron chi connectivity index (χ4n) is 1.60. The van der Waals surface area contributed by atoms with Crippen LogP contribution < -0.4 is 5.73 Å². The zero-order chi connectivity index (χ0) is 14.4. The van der Waals surface area contributed by atoms with Crippen LogP contribution in [0.5, 0.6) is 0 Å². The lowest BCUT2D eigenvalue weighted by Gasteiger charge is -2.18. The van der Waals surface area contributed by atoms with Crippen LogP contribution in [-0.2, 0) is 4.79 Å². The van der Waals surface area contributed by atoms with Gasteiger partial charge in [0, 0.05) is 23.7 Å². The SMILES string of the molecule is CCN(CC)C(=O)CSc1cc(C(=O)O)ccc1N. The van der Waals surface area contributed by atoms with Crippen molar-refractivity contribution in [3.8, 4) is 0 Å². The number of carboxylic acids is 1. The van der Waals surface area contributed by atoms with E-state index in [1.54, 1.807) is 11.0 Å². The third-order valence-corrected chi connectivity index (χ3v) is 3.78. The molecule has 0 aliphatic heterocycles. The van der Waals surface area contributed by atoms with Gasteiger partial charge in [0.25, 0.3) is 0 Å². The first-order valence-electron chi connectivity index (χ1n) is 6.03. The molecule has 5 nitrogen and oxygen atoms in total. The number of anilines is 1. The third-order valence-electron chi connectivity index (χ3n) is 2.73. The lowest BCUT2D eigenvalue weighted by Crippen LogP contribution is -2.31. The molecule has 0 aromatic heterocycles. The van der Waals surface area contributed by atoms with Crippen LogP contribution in [0, 0.1) is 0 Å². The first-order chi connectivity index (χ1) is 8.99. The van der Waals surface area contributed by atoms with E-state index >= 15 is 0 Å². The molecule has 0 spiro atoms. The molecule has 1 aromatic carbocycles. The molecule has 104 valence electrons. The number of hydrogen-bond acceptors (Lipinski definition) is 4. The second-order valence-corrected chi connectivity index (χ2v) is 4.93. The average Bonchev–Trinajstić information content (AvgIpc) is 2.38. The van der Waals surface area contributed by atoms with E-state index in [9.17, 15) is 9.59 Å². The highest BCUT2D eigenvalue weighted by Gasteiger charge is 2.12. The molecular formula is C13H18N2O3S. The van der Waals surface area contributed by atoms with Crippen molar-refractivity contribution in [1.82, 2.24) is 4.90 Å². The number of carbonyl (C=O) groups excluding carboxylic acids is 1. The number of benzene rings is 1. The van der Waals surface area contributed by atoms with Crippen molar-refractivity contribution < 1.29 is 14.7 Å². The van der Waals surface area contributed by atoms with Crippen LogP contribution in [-0.4, -0.2) is 40.7 Å². The number of carbonyl (C=O) groups is 2. The van der Waals surface area contributed by atoms with Gasteiger partial charge in [0.15, 0.2) is 0 Å². The summed E-state index contributed by atoms with van der Waals surface area (Å²) >= 11 is 1.27. The molecule has 1 aromatic rings. The molecule has 0 heterocycles. The van der Waals surface area contributed by atoms with Crippen LogP contribution in [0.3, 0.4) is 0 Å². The van der Waals surface area contributed by atoms with E-state index in [2.05, 4.69) is 0 Å². The van der Waals surface area contributed by atoms with E-state index in [1.807, 2.05) is 13.8 Å². The molecule has 0 atom stereocenters. The minimum atomic E-state index is -1.00. The first-order valence-corrected chi connectivity index (χ1v) is 7.01. The Labute approximate surface area is 116 Å². The van der Waals surface area contributed by atoms with Crippen LogP contribution in [0.15, 0.2) is 23.1 Å². The molecule has 1 rings (SSSR count). The van der Waals surface area contributed by atoms with E-state index in [-0.39, 0.29) is 17.2 Å². The maximum atomic E-state index is 11.9. The van der Waals surface area contributed by atoms with Crippen LogP contribution >= 0.6 is 11.8 Å². The van der Waals surface area contributed by atoms with Crippen molar-refractivity contribution in [1.29, 1.82) is 0 Å². The Morgan fingerprint density at radius 1 is 1.32 bits per heavy atom. The van der Waals surface area contributed by atoms with Gasteiger partial charge in [0.2, 0.25) is 5.91 Å². The van der Waals surface area contributed by atoms with Gasteiger partial charge >= 0.3 is 5.97 Å². The molecule has 0 unspecified atom stereocenters. The van der Waals surface area contributed by atoms with Gasteiger partial charge in [0.1, 0.15) is 0 Å². The van der Waals surface area contributed by atoms with Crippen LogP contribution in [0.1, 0.15) is 24.2 Å². The predicted molar refractivity (Wildman–Crippen MR) is 76.5 cm³/mol. The highest BCUT2D eigenvalue weighted by molar-refractivity contribution is 8.00. The standard InChI is InChI=1S/C13H18N2O3S/c1-3-15(4-2)12(16)8-19-11-7-9(13(17)18)5-6-10(11)14/h5-7H,3-4,8,14H2,1-2H3,(H,17,18). The van der Waals surface area contributed by atoms with Crippen molar-refractivity contribution >= 4 is 29.3 Å². The van der Waals surface area contributed by atoms with Crippen molar-refractivity contribution in [3.63, 3.8) is 0 Å². The number of carboxylic acid groups (broad SMARTS) is 1. The molecule has 0 saturated carbocycles. The van der Waals surface area contributed by atoms with E-state index in [4.69, 9.17) is 10.8 Å². The van der Waals surface area contributed by atoms with Gasteiger partial charge in [-0.25, -0.2) is 4.79 Å². The number of hydrogen-bond donors (Lipinski definition) is 2. The Kier molecular flexibility index (Phi) is 5.69. The van der Waals surface area contributed by atoms with Crippen molar-refractivity contribution in [2.45, 2.75) is 18.7 Å². The summed E-state index contributed by atoms with van der Waals surface area (Å²) in [4.78, 5) is 25.1. The van der Waals surface area contributed by atoms with Crippen LogP contribution in [0.25, 0.3) is 0 Å². The summed E-state index contributed by atoms with van der Waals surface area (Å²) in [6.45, 7) is 5.18. The van der Waals surface area contributed by atoms with Crippen LogP contribution in [0.4, 0.5) is 5.69 Å². The van der Waals surface area contributed by atoms with Crippen molar-refractivity contribution in [2.75, 3.05) is 24.6 Å². The maximum Gasteiger partial charge on any atom is 0.335 e. The normalized spacial score (nSPS) is 10.2. The summed E-state index contributed by atoms with van der Waals surface area (Å²) in [6.07, 6.45) is 0. The van der Waals surface area contributed by atoms with Crippen LogP contribution in [0.2, 0.25) is 0 Å². The maximum absolute atomic E-state index is 11.9. The highest BCUT2D eigenvalue weighted by Crippen LogP contribution is 2.26. The molecule has 0 saturated heterocycles. The van der Waals surface area contributed by atoms with Gasteiger partial charge < -0.3 is 15.7 Å². The molecule has 6 heteroatoms. The molecule has 0 radical (unpaired) electrons. The summed E-state index contributed by atoms with van der Waals surface area (Å²) in [5.41, 5.74) is 6.44. The predicted octanol–water partition coefficient (Wildman–Crippen LogP) is 1.93. The van der Waals surface area contributed by atoms with E-state index in [1.165, 1.54) is 23.9 Å². The lowest BCUT2D eigenvalue weighted by atomic mass is 10.2. The van der Waals surface area contributed by atoms with Gasteiger partial charge in [0.05, 0.1) is 11.3 Å². The second-order valence-electron chi connectivity index (χ2n) is 3.91. The number of nitrogens with two attached hydrogens (primary N) is 1. The Hall–Kier alpha value is -1.69. The Balaban J connectivity index is 2.74. The molecule has 0 aliphatic carbocycles. The van der Waals surface area contributed by atoms with Crippen molar-refractivity contribution in [2.24, 2.45) is 0 Å². The highest BCUT2D eigenvalue weighted by atomic mass is 32.2.